The van der Waals surface area contributed by atoms with Gasteiger partial charge in [0.1, 0.15) is 5.50 Å². The molecule has 0 bridgehead atoms. The third-order valence-corrected chi connectivity index (χ3v) is 4.79. The fourth-order valence-electron chi connectivity index (χ4n) is 2.77. The van der Waals surface area contributed by atoms with E-state index in [0.717, 1.165) is 12.5 Å². The summed E-state index contributed by atoms with van der Waals surface area (Å²) in [5.41, 5.74) is 12.7. The normalized spacial score (nSPS) is 54.7. The molecule has 3 aliphatic rings. The second kappa shape index (κ2) is 3.10. The second-order valence-electron chi connectivity index (χ2n) is 4.18. The van der Waals surface area contributed by atoms with Crippen molar-refractivity contribution in [3.05, 3.63) is 0 Å². The predicted molar refractivity (Wildman–Crippen MR) is 53.9 cm³/mol. The number of nitrogens with one attached hydrogen (secondary N) is 3. The van der Waals surface area contributed by atoms with Crippen LogP contribution in [0.15, 0.2) is 0 Å². The lowest BCUT2D eigenvalue weighted by Gasteiger charge is -2.33. The van der Waals surface area contributed by atoms with Gasteiger partial charge in [-0.2, -0.15) is 0 Å². The number of hydrogen-bond donors (Lipinski definition) is 4. The van der Waals surface area contributed by atoms with Gasteiger partial charge in [-0.25, -0.2) is 0 Å². The third-order valence-electron chi connectivity index (χ3n) is 3.42. The molecule has 0 spiro atoms. The van der Waals surface area contributed by atoms with Crippen molar-refractivity contribution in [2.75, 3.05) is 6.54 Å². The van der Waals surface area contributed by atoms with E-state index >= 15 is 0 Å². The molecule has 2 saturated heterocycles. The molecule has 5 atom stereocenters. The van der Waals surface area contributed by atoms with Gasteiger partial charge in [0, 0.05) is 23.9 Å². The van der Waals surface area contributed by atoms with E-state index < -0.39 is 0 Å². The van der Waals surface area contributed by atoms with Crippen LogP contribution in [-0.4, -0.2) is 29.4 Å². The maximum atomic E-state index is 5.88. The highest BCUT2D eigenvalue weighted by atomic mass is 32.2. The Bertz CT molecular complexity index is 212. The Balaban J connectivity index is 1.79. The van der Waals surface area contributed by atoms with Gasteiger partial charge >= 0.3 is 0 Å². The lowest BCUT2D eigenvalue weighted by molar-refractivity contribution is 0.294. The molecular weight excluding hydrogens is 184 g/mol. The van der Waals surface area contributed by atoms with Crippen LogP contribution in [-0.2, 0) is 0 Å². The van der Waals surface area contributed by atoms with Crippen LogP contribution < -0.4 is 21.9 Å². The molecular formula is C8H16N4S. The van der Waals surface area contributed by atoms with Crippen molar-refractivity contribution in [2.45, 2.75) is 35.7 Å². The lowest BCUT2D eigenvalue weighted by atomic mass is 9.83. The smallest absolute Gasteiger partial charge is 0.104 e. The van der Waals surface area contributed by atoms with E-state index in [2.05, 4.69) is 16.2 Å². The second-order valence-corrected chi connectivity index (χ2v) is 5.51. The first-order valence-corrected chi connectivity index (χ1v) is 5.94. The summed E-state index contributed by atoms with van der Waals surface area (Å²) in [6.07, 6.45) is 2.61. The van der Waals surface area contributed by atoms with Gasteiger partial charge in [-0.15, -0.1) is 11.8 Å². The van der Waals surface area contributed by atoms with Crippen molar-refractivity contribution >= 4 is 11.8 Å². The topological polar surface area (TPSA) is 62.1 Å². The van der Waals surface area contributed by atoms with Gasteiger partial charge in [-0.3, -0.25) is 16.2 Å². The first kappa shape index (κ1) is 8.49. The number of thioether (sulfide) groups is 1. The summed E-state index contributed by atoms with van der Waals surface area (Å²) in [5, 5.41) is 4.11. The van der Waals surface area contributed by atoms with Crippen molar-refractivity contribution < 1.29 is 0 Å². The van der Waals surface area contributed by atoms with E-state index in [0.29, 0.717) is 17.3 Å². The molecule has 5 heteroatoms. The monoisotopic (exact) mass is 200 g/mol. The molecule has 0 aromatic carbocycles. The van der Waals surface area contributed by atoms with E-state index in [-0.39, 0.29) is 5.50 Å². The highest BCUT2D eigenvalue weighted by Crippen LogP contribution is 2.38. The third kappa shape index (κ3) is 1.30. The minimum Gasteiger partial charge on any atom is -0.307 e. The van der Waals surface area contributed by atoms with Crippen molar-refractivity contribution in [3.8, 4) is 0 Å². The predicted octanol–water partition coefficient (Wildman–Crippen LogP) is -0.811. The van der Waals surface area contributed by atoms with E-state index in [4.69, 9.17) is 5.73 Å². The fraction of sp³-hybridized carbons (Fsp3) is 1.00. The zero-order valence-electron chi connectivity index (χ0n) is 7.49. The van der Waals surface area contributed by atoms with Gasteiger partial charge in [0.2, 0.25) is 0 Å². The molecule has 13 heavy (non-hydrogen) atoms. The molecule has 5 N–H and O–H groups in total. The zero-order valence-corrected chi connectivity index (χ0v) is 8.31. The van der Waals surface area contributed by atoms with Crippen molar-refractivity contribution in [1.29, 1.82) is 0 Å². The van der Waals surface area contributed by atoms with Gasteiger partial charge in [-0.05, 0) is 18.8 Å². The van der Waals surface area contributed by atoms with Gasteiger partial charge in [0.15, 0.2) is 0 Å². The summed E-state index contributed by atoms with van der Waals surface area (Å²) >= 11 is 1.89. The molecule has 0 aromatic heterocycles. The van der Waals surface area contributed by atoms with Gasteiger partial charge in [-0.1, -0.05) is 0 Å². The molecule has 3 fully saturated rings. The molecule has 0 aromatic rings. The highest BCUT2D eigenvalue weighted by Gasteiger charge is 2.46. The van der Waals surface area contributed by atoms with E-state index in [1.54, 1.807) is 0 Å². The van der Waals surface area contributed by atoms with Gasteiger partial charge in [0.25, 0.3) is 0 Å². The Morgan fingerprint density at radius 2 is 2.23 bits per heavy atom. The first-order chi connectivity index (χ1) is 6.34. The van der Waals surface area contributed by atoms with Crippen LogP contribution in [0.2, 0.25) is 0 Å². The maximum Gasteiger partial charge on any atom is 0.104 e. The minimum absolute atomic E-state index is 0.149. The summed E-state index contributed by atoms with van der Waals surface area (Å²) < 4.78 is 0. The largest absolute Gasteiger partial charge is 0.307 e. The molecule has 2 heterocycles. The summed E-state index contributed by atoms with van der Waals surface area (Å²) in [7, 11) is 0. The number of rotatable bonds is 0. The average Bonchev–Trinajstić information content (AvgIpc) is 2.65. The number of hydrogen-bond acceptors (Lipinski definition) is 5. The average molecular weight is 200 g/mol. The van der Waals surface area contributed by atoms with Crippen LogP contribution in [0.1, 0.15) is 12.8 Å². The van der Waals surface area contributed by atoms with Crippen LogP contribution in [0.4, 0.5) is 0 Å². The van der Waals surface area contributed by atoms with E-state index in [9.17, 15) is 0 Å². The zero-order chi connectivity index (χ0) is 8.84. The molecule has 3 rings (SSSR count). The molecule has 2 aliphatic heterocycles. The first-order valence-electron chi connectivity index (χ1n) is 5.00. The van der Waals surface area contributed by atoms with Crippen molar-refractivity contribution in [3.63, 3.8) is 0 Å². The highest BCUT2D eigenvalue weighted by molar-refractivity contribution is 8.00. The van der Waals surface area contributed by atoms with Gasteiger partial charge in [0.05, 0.1) is 0 Å². The molecule has 0 radical (unpaired) electrons. The lowest BCUT2D eigenvalue weighted by Crippen LogP contribution is -2.50. The Kier molecular flexibility index (Phi) is 2.03. The summed E-state index contributed by atoms with van der Waals surface area (Å²) in [6, 6.07) is 1.26. The fourth-order valence-corrected chi connectivity index (χ4v) is 4.23. The van der Waals surface area contributed by atoms with Crippen LogP contribution in [0.25, 0.3) is 0 Å². The quantitative estimate of drug-likeness (QED) is 0.412. The molecule has 0 amide bonds. The molecule has 5 unspecified atom stereocenters. The maximum absolute atomic E-state index is 5.88. The van der Waals surface area contributed by atoms with E-state index in [1.165, 1.54) is 12.8 Å². The molecule has 74 valence electrons. The Morgan fingerprint density at radius 3 is 3.15 bits per heavy atom. The van der Waals surface area contributed by atoms with Crippen LogP contribution >= 0.6 is 11.8 Å². The molecule has 1 saturated carbocycles. The Morgan fingerprint density at radius 1 is 1.31 bits per heavy atom. The summed E-state index contributed by atoms with van der Waals surface area (Å²) in [4.78, 5) is 0. The Hall–Kier alpha value is 0.190. The summed E-state index contributed by atoms with van der Waals surface area (Å²) in [5.74, 6) is 0.820. The summed E-state index contributed by atoms with van der Waals surface area (Å²) in [6.45, 7) is 1.13. The van der Waals surface area contributed by atoms with E-state index in [1.807, 2.05) is 11.8 Å². The van der Waals surface area contributed by atoms with Crippen LogP contribution in [0.3, 0.4) is 0 Å². The number of nitrogens with two attached hydrogens (primary N) is 1. The standard InChI is InChI=1S/C8H16N4S/c9-8-11-5-2-1-4-3-10-12-6(4)7(5)13-8/h4-8,10-12H,1-3,9H2. The molecule has 4 nitrogen and oxygen atoms in total. The van der Waals surface area contributed by atoms with Gasteiger partial charge < -0.3 is 5.73 Å². The van der Waals surface area contributed by atoms with Crippen LogP contribution in [0, 0.1) is 5.92 Å². The van der Waals surface area contributed by atoms with Crippen LogP contribution in [0.5, 0.6) is 0 Å². The Labute approximate surface area is 82.4 Å². The van der Waals surface area contributed by atoms with Crippen molar-refractivity contribution in [2.24, 2.45) is 11.7 Å². The number of fused-ring (bicyclic) bond motifs is 3. The van der Waals surface area contributed by atoms with Crippen molar-refractivity contribution in [1.82, 2.24) is 16.2 Å². The number of hydrazine groups is 1. The minimum atomic E-state index is 0.149. The SMILES string of the molecule is NC1NC2CCC3CNNC3C2S1. The molecule has 1 aliphatic carbocycles.